The second-order valence-electron chi connectivity index (χ2n) is 3.06. The van der Waals surface area contributed by atoms with Gasteiger partial charge in [-0.1, -0.05) is 11.8 Å². The summed E-state index contributed by atoms with van der Waals surface area (Å²) in [5.41, 5.74) is 0. The quantitative estimate of drug-likeness (QED) is 0.664. The molecule has 1 atom stereocenters. The second kappa shape index (κ2) is 7.15. The predicted octanol–water partition coefficient (Wildman–Crippen LogP) is 2.42. The summed E-state index contributed by atoms with van der Waals surface area (Å²) in [5, 5.41) is 8.71. The lowest BCUT2D eigenvalue weighted by molar-refractivity contribution is 0.0295. The highest BCUT2D eigenvalue weighted by Gasteiger charge is 2.12. The molecule has 1 aromatic rings. The molecule has 5 heteroatoms. The second-order valence-corrected chi connectivity index (χ2v) is 3.94. The molecule has 0 heterocycles. The zero-order valence-corrected chi connectivity index (χ0v) is 10.0. The van der Waals surface area contributed by atoms with Crippen LogP contribution in [-0.2, 0) is 0 Å². The third-order valence-corrected chi connectivity index (χ3v) is 2.60. The summed E-state index contributed by atoms with van der Waals surface area (Å²) >= 11 is 1.61. The van der Waals surface area contributed by atoms with Crippen LogP contribution in [0.1, 0.15) is 0 Å². The molecule has 17 heavy (non-hydrogen) atoms. The Kier molecular flexibility index (Phi) is 5.81. The van der Waals surface area contributed by atoms with Gasteiger partial charge in [0.25, 0.3) is 6.43 Å². The van der Waals surface area contributed by atoms with E-state index < -0.39 is 12.5 Å². The highest BCUT2D eigenvalue weighted by Crippen LogP contribution is 2.18. The fraction of sp³-hybridized carbons (Fsp3) is 0.333. The molecule has 0 bridgehead atoms. The smallest absolute Gasteiger partial charge is 0.275 e. The fourth-order valence-electron chi connectivity index (χ4n) is 1.00. The van der Waals surface area contributed by atoms with Gasteiger partial charge in [-0.15, -0.1) is 11.8 Å². The van der Waals surface area contributed by atoms with Crippen LogP contribution < -0.4 is 4.74 Å². The number of ether oxygens (including phenoxy) is 1. The number of hydrogen-bond acceptors (Lipinski definition) is 3. The number of alkyl halides is 2. The summed E-state index contributed by atoms with van der Waals surface area (Å²) in [7, 11) is 0. The number of thioether (sulfide) groups is 1. The van der Waals surface area contributed by atoms with Gasteiger partial charge in [-0.3, -0.25) is 0 Å². The molecule has 0 aliphatic heterocycles. The summed E-state index contributed by atoms with van der Waals surface area (Å²) in [4.78, 5) is 1.11. The molecule has 0 amide bonds. The molecule has 0 fully saturated rings. The van der Waals surface area contributed by atoms with Crippen molar-refractivity contribution in [3.8, 4) is 17.6 Å². The lowest BCUT2D eigenvalue weighted by Crippen LogP contribution is -2.14. The van der Waals surface area contributed by atoms with E-state index in [0.29, 0.717) is 5.75 Å². The Bertz CT molecular complexity index is 395. The number of rotatable bonds is 4. The van der Waals surface area contributed by atoms with E-state index in [-0.39, 0.29) is 6.61 Å². The summed E-state index contributed by atoms with van der Waals surface area (Å²) in [6.07, 6.45) is -2.78. The molecule has 0 saturated carbocycles. The topological polar surface area (TPSA) is 29.5 Å². The maximum absolute atomic E-state index is 11.9. The van der Waals surface area contributed by atoms with Gasteiger partial charge in [0, 0.05) is 4.90 Å². The van der Waals surface area contributed by atoms with Crippen molar-refractivity contribution in [1.82, 2.24) is 0 Å². The molecular formula is C12H12F2O2S. The zero-order chi connectivity index (χ0) is 12.7. The molecule has 1 aromatic carbocycles. The maximum atomic E-state index is 11.9. The monoisotopic (exact) mass is 258 g/mol. The first kappa shape index (κ1) is 13.8. The van der Waals surface area contributed by atoms with Gasteiger partial charge in [0.15, 0.2) is 6.10 Å². The van der Waals surface area contributed by atoms with E-state index in [2.05, 4.69) is 5.92 Å². The van der Waals surface area contributed by atoms with Crippen molar-refractivity contribution in [2.75, 3.05) is 12.9 Å². The third-order valence-electron chi connectivity index (χ3n) is 1.86. The standard InChI is InChI=1S/C12H12F2O2S/c1-17-10-6-4-9(5-7-10)16-8-2-3-11(15)12(13)14/h4-7,11-12,15H,8H2,1H3. The Morgan fingerprint density at radius 3 is 2.53 bits per heavy atom. The van der Waals surface area contributed by atoms with Gasteiger partial charge >= 0.3 is 0 Å². The van der Waals surface area contributed by atoms with E-state index in [1.807, 2.05) is 24.3 Å². The molecule has 0 aliphatic carbocycles. The van der Waals surface area contributed by atoms with Crippen molar-refractivity contribution in [3.05, 3.63) is 24.3 Å². The SMILES string of the molecule is CSc1ccc(OCC#CC(O)C(F)F)cc1. The van der Waals surface area contributed by atoms with Crippen molar-refractivity contribution in [1.29, 1.82) is 0 Å². The Morgan fingerprint density at radius 2 is 2.00 bits per heavy atom. The zero-order valence-electron chi connectivity index (χ0n) is 9.19. The van der Waals surface area contributed by atoms with E-state index >= 15 is 0 Å². The number of aliphatic hydroxyl groups excluding tert-OH is 1. The van der Waals surface area contributed by atoms with Crippen LogP contribution in [-0.4, -0.2) is 30.5 Å². The highest BCUT2D eigenvalue weighted by atomic mass is 32.2. The summed E-state index contributed by atoms with van der Waals surface area (Å²) in [6, 6.07) is 7.33. The first-order valence-corrected chi connectivity index (χ1v) is 6.07. The predicted molar refractivity (Wildman–Crippen MR) is 63.5 cm³/mol. The molecule has 92 valence electrons. The van der Waals surface area contributed by atoms with Gasteiger partial charge < -0.3 is 9.84 Å². The number of benzene rings is 1. The van der Waals surface area contributed by atoms with Crippen LogP contribution in [0, 0.1) is 11.8 Å². The largest absolute Gasteiger partial charge is 0.481 e. The summed E-state index contributed by atoms with van der Waals surface area (Å²) in [6.45, 7) is -0.0254. The number of halogens is 2. The van der Waals surface area contributed by atoms with Crippen LogP contribution in [0.4, 0.5) is 8.78 Å². The molecule has 1 N–H and O–H groups in total. The van der Waals surface area contributed by atoms with E-state index in [4.69, 9.17) is 9.84 Å². The van der Waals surface area contributed by atoms with Crippen LogP contribution >= 0.6 is 11.8 Å². The van der Waals surface area contributed by atoms with Crippen molar-refractivity contribution in [3.63, 3.8) is 0 Å². The number of aliphatic hydroxyl groups is 1. The Morgan fingerprint density at radius 1 is 1.35 bits per heavy atom. The normalized spacial score (nSPS) is 11.8. The van der Waals surface area contributed by atoms with Crippen LogP contribution in [0.15, 0.2) is 29.2 Å². The molecule has 0 saturated heterocycles. The minimum atomic E-state index is -2.84. The first-order chi connectivity index (χ1) is 8.13. The number of hydrogen-bond donors (Lipinski definition) is 1. The lowest BCUT2D eigenvalue weighted by Gasteiger charge is -2.03. The van der Waals surface area contributed by atoms with Gasteiger partial charge in [0.2, 0.25) is 0 Å². The molecule has 1 unspecified atom stereocenters. The van der Waals surface area contributed by atoms with Crippen molar-refractivity contribution in [2.24, 2.45) is 0 Å². The molecular weight excluding hydrogens is 246 g/mol. The highest BCUT2D eigenvalue weighted by molar-refractivity contribution is 7.98. The van der Waals surface area contributed by atoms with Gasteiger partial charge in [0.05, 0.1) is 0 Å². The van der Waals surface area contributed by atoms with Crippen molar-refractivity contribution in [2.45, 2.75) is 17.4 Å². The lowest BCUT2D eigenvalue weighted by atomic mass is 10.3. The van der Waals surface area contributed by atoms with Crippen LogP contribution in [0.3, 0.4) is 0 Å². The molecule has 0 spiro atoms. The average molecular weight is 258 g/mol. The van der Waals surface area contributed by atoms with Crippen molar-refractivity contribution >= 4 is 11.8 Å². The van der Waals surface area contributed by atoms with E-state index in [1.54, 1.807) is 23.9 Å². The van der Waals surface area contributed by atoms with Gasteiger partial charge in [-0.05, 0) is 30.5 Å². The third kappa shape index (κ3) is 5.07. The van der Waals surface area contributed by atoms with E-state index in [9.17, 15) is 8.78 Å². The van der Waals surface area contributed by atoms with E-state index in [1.165, 1.54) is 0 Å². The molecule has 2 nitrogen and oxygen atoms in total. The Balaban J connectivity index is 2.40. The van der Waals surface area contributed by atoms with Crippen LogP contribution in [0.2, 0.25) is 0 Å². The first-order valence-electron chi connectivity index (χ1n) is 4.85. The minimum absolute atomic E-state index is 0.0254. The fourth-order valence-corrected chi connectivity index (χ4v) is 1.41. The molecule has 0 aliphatic rings. The molecule has 1 rings (SSSR count). The van der Waals surface area contributed by atoms with Gasteiger partial charge in [0.1, 0.15) is 12.4 Å². The van der Waals surface area contributed by atoms with Crippen molar-refractivity contribution < 1.29 is 18.6 Å². The van der Waals surface area contributed by atoms with Crippen LogP contribution in [0.25, 0.3) is 0 Å². The Labute approximate surface area is 103 Å². The summed E-state index contributed by atoms with van der Waals surface area (Å²) in [5.74, 6) is 4.95. The average Bonchev–Trinajstić information content (AvgIpc) is 2.35. The minimum Gasteiger partial charge on any atom is -0.481 e. The van der Waals surface area contributed by atoms with Gasteiger partial charge in [-0.2, -0.15) is 0 Å². The van der Waals surface area contributed by atoms with Gasteiger partial charge in [-0.25, -0.2) is 8.78 Å². The summed E-state index contributed by atoms with van der Waals surface area (Å²) < 4.78 is 28.9. The van der Waals surface area contributed by atoms with E-state index in [0.717, 1.165) is 4.90 Å². The molecule has 0 radical (unpaired) electrons. The Hall–Kier alpha value is -1.25. The van der Waals surface area contributed by atoms with Crippen LogP contribution in [0.5, 0.6) is 5.75 Å². The maximum Gasteiger partial charge on any atom is 0.275 e. The molecule has 0 aromatic heterocycles.